The highest BCUT2D eigenvalue weighted by molar-refractivity contribution is 6.09. The average Bonchev–Trinajstić information content (AvgIpc) is 2.79. The Balaban J connectivity index is 1.90. The van der Waals surface area contributed by atoms with Gasteiger partial charge in [-0.15, -0.1) is 0 Å². The van der Waals surface area contributed by atoms with E-state index in [0.717, 1.165) is 30.6 Å². The number of nitrogens with one attached hydrogen (secondary N) is 2. The molecule has 134 valence electrons. The van der Waals surface area contributed by atoms with Gasteiger partial charge in [-0.25, -0.2) is 4.79 Å². The summed E-state index contributed by atoms with van der Waals surface area (Å²) in [5.74, 6) is -1.51. The summed E-state index contributed by atoms with van der Waals surface area (Å²) in [5.41, 5.74) is -0.895. The van der Waals surface area contributed by atoms with E-state index in [9.17, 15) is 19.2 Å². The molecule has 0 aromatic carbocycles. The number of esters is 1. The maximum atomic E-state index is 12.7. The molecule has 0 bridgehead atoms. The number of hydrogen-bond acceptors (Lipinski definition) is 5. The number of nitrogens with zero attached hydrogens (tertiary/aromatic N) is 1. The van der Waals surface area contributed by atoms with Crippen LogP contribution in [0.2, 0.25) is 0 Å². The zero-order valence-corrected chi connectivity index (χ0v) is 14.2. The molecule has 2 fully saturated rings. The maximum absolute atomic E-state index is 12.7. The van der Waals surface area contributed by atoms with Crippen molar-refractivity contribution in [3.63, 3.8) is 0 Å². The van der Waals surface area contributed by atoms with Crippen molar-refractivity contribution < 1.29 is 23.9 Å². The molecule has 24 heavy (non-hydrogen) atoms. The molecule has 8 nitrogen and oxygen atoms in total. The van der Waals surface area contributed by atoms with Crippen LogP contribution in [0.1, 0.15) is 46.0 Å². The van der Waals surface area contributed by atoms with Gasteiger partial charge < -0.3 is 15.4 Å². The molecule has 4 amide bonds. The summed E-state index contributed by atoms with van der Waals surface area (Å²) in [6.45, 7) is 3.47. The number of urea groups is 1. The van der Waals surface area contributed by atoms with Crippen molar-refractivity contribution in [1.82, 2.24) is 15.5 Å². The Morgan fingerprint density at radius 2 is 2.12 bits per heavy atom. The van der Waals surface area contributed by atoms with Crippen LogP contribution in [0.3, 0.4) is 0 Å². The van der Waals surface area contributed by atoms with Gasteiger partial charge >= 0.3 is 12.0 Å². The minimum Gasteiger partial charge on any atom is -0.454 e. The van der Waals surface area contributed by atoms with Crippen molar-refractivity contribution in [3.05, 3.63) is 0 Å². The Kier molecular flexibility index (Phi) is 5.80. The van der Waals surface area contributed by atoms with Crippen LogP contribution in [0.25, 0.3) is 0 Å². The van der Waals surface area contributed by atoms with Crippen molar-refractivity contribution in [1.29, 1.82) is 0 Å². The lowest BCUT2D eigenvalue weighted by Crippen LogP contribution is -2.54. The molecule has 2 rings (SSSR count). The third-order valence-corrected chi connectivity index (χ3v) is 4.73. The molecular formula is C16H25N3O5. The minimum atomic E-state index is -0.895. The average molecular weight is 339 g/mol. The number of amides is 4. The lowest BCUT2D eigenvalue weighted by molar-refractivity contribution is -0.151. The highest BCUT2D eigenvalue weighted by Crippen LogP contribution is 2.38. The lowest BCUT2D eigenvalue weighted by Gasteiger charge is -2.36. The van der Waals surface area contributed by atoms with Crippen LogP contribution in [0, 0.1) is 5.92 Å². The summed E-state index contributed by atoms with van der Waals surface area (Å²) in [5, 5.41) is 5.34. The molecule has 0 radical (unpaired) electrons. The number of carbonyl (C=O) groups excluding carboxylic acids is 4. The molecule has 1 aliphatic carbocycles. The molecule has 8 heteroatoms. The largest absolute Gasteiger partial charge is 0.454 e. The summed E-state index contributed by atoms with van der Waals surface area (Å²) in [6.07, 6.45) is 4.13. The van der Waals surface area contributed by atoms with Crippen molar-refractivity contribution in [2.45, 2.75) is 51.5 Å². The predicted octanol–water partition coefficient (Wildman–Crippen LogP) is 0.557. The SMILES string of the molecule is CCCNC(=O)COC(=O)CN1C(=O)N[C@]2(CCCC[C@@H]2C)C1=O. The van der Waals surface area contributed by atoms with Crippen LogP contribution in [-0.4, -0.2) is 54.0 Å². The van der Waals surface area contributed by atoms with Gasteiger partial charge in [0.05, 0.1) is 0 Å². The number of ether oxygens (including phenoxy) is 1. The van der Waals surface area contributed by atoms with Crippen LogP contribution < -0.4 is 10.6 Å². The quantitative estimate of drug-likeness (QED) is 0.543. The number of rotatable bonds is 6. The molecule has 1 heterocycles. The molecule has 2 aliphatic rings. The second-order valence-corrected chi connectivity index (χ2v) is 6.45. The first-order valence-corrected chi connectivity index (χ1v) is 8.47. The maximum Gasteiger partial charge on any atom is 0.326 e. The molecule has 2 atom stereocenters. The van der Waals surface area contributed by atoms with Crippen molar-refractivity contribution in [2.75, 3.05) is 19.7 Å². The van der Waals surface area contributed by atoms with Gasteiger partial charge in [-0.05, 0) is 25.2 Å². The van der Waals surface area contributed by atoms with Gasteiger partial charge in [-0.2, -0.15) is 0 Å². The molecule has 1 saturated carbocycles. The Hall–Kier alpha value is -2.12. The Labute approximate surface area is 141 Å². The Morgan fingerprint density at radius 3 is 2.79 bits per heavy atom. The fourth-order valence-corrected chi connectivity index (χ4v) is 3.28. The van der Waals surface area contributed by atoms with E-state index in [0.29, 0.717) is 13.0 Å². The van der Waals surface area contributed by atoms with E-state index in [4.69, 9.17) is 4.74 Å². The van der Waals surface area contributed by atoms with Gasteiger partial charge in [-0.3, -0.25) is 19.3 Å². The van der Waals surface area contributed by atoms with Gasteiger partial charge in [0, 0.05) is 6.54 Å². The first-order chi connectivity index (χ1) is 11.4. The first-order valence-electron chi connectivity index (χ1n) is 8.47. The molecule has 1 saturated heterocycles. The van der Waals surface area contributed by atoms with Crippen LogP contribution in [0.4, 0.5) is 4.79 Å². The van der Waals surface area contributed by atoms with Crippen LogP contribution in [0.15, 0.2) is 0 Å². The van der Waals surface area contributed by atoms with Gasteiger partial charge in [0.2, 0.25) is 0 Å². The van der Waals surface area contributed by atoms with E-state index in [-0.39, 0.29) is 11.8 Å². The standard InChI is InChI=1S/C16H25N3O5/c1-3-8-17-12(20)10-24-13(21)9-19-14(22)16(18-15(19)23)7-5-4-6-11(16)2/h11H,3-10H2,1-2H3,(H,17,20)(H,18,23)/t11-,16-/m0/s1. The van der Waals surface area contributed by atoms with Crippen molar-refractivity contribution >= 4 is 23.8 Å². The second kappa shape index (κ2) is 7.63. The molecule has 1 spiro atoms. The van der Waals surface area contributed by atoms with Gasteiger partial charge in [0.1, 0.15) is 12.1 Å². The van der Waals surface area contributed by atoms with Gasteiger partial charge in [0.25, 0.3) is 11.8 Å². The molecule has 0 aromatic heterocycles. The topological polar surface area (TPSA) is 105 Å². The molecule has 0 unspecified atom stereocenters. The van der Waals surface area contributed by atoms with Crippen LogP contribution in [-0.2, 0) is 19.1 Å². The summed E-state index contributed by atoms with van der Waals surface area (Å²) in [4.78, 5) is 49.0. The highest BCUT2D eigenvalue weighted by Gasteiger charge is 2.55. The third kappa shape index (κ3) is 3.68. The fraction of sp³-hybridized carbons (Fsp3) is 0.750. The third-order valence-electron chi connectivity index (χ3n) is 4.73. The monoisotopic (exact) mass is 339 g/mol. The lowest BCUT2D eigenvalue weighted by atomic mass is 9.73. The second-order valence-electron chi connectivity index (χ2n) is 6.45. The van der Waals surface area contributed by atoms with Gasteiger partial charge in [-0.1, -0.05) is 26.7 Å². The van der Waals surface area contributed by atoms with E-state index in [2.05, 4.69) is 10.6 Å². The zero-order chi connectivity index (χ0) is 17.7. The summed E-state index contributed by atoms with van der Waals surface area (Å²) >= 11 is 0. The highest BCUT2D eigenvalue weighted by atomic mass is 16.5. The van der Waals surface area contributed by atoms with Crippen LogP contribution >= 0.6 is 0 Å². The van der Waals surface area contributed by atoms with Gasteiger partial charge in [0.15, 0.2) is 6.61 Å². The van der Waals surface area contributed by atoms with Crippen molar-refractivity contribution in [2.24, 2.45) is 5.92 Å². The van der Waals surface area contributed by atoms with E-state index in [1.165, 1.54) is 0 Å². The minimum absolute atomic E-state index is 0.0311. The Bertz CT molecular complexity index is 536. The van der Waals surface area contributed by atoms with Crippen LogP contribution in [0.5, 0.6) is 0 Å². The molecule has 0 aromatic rings. The molecular weight excluding hydrogens is 314 g/mol. The molecule has 1 aliphatic heterocycles. The van der Waals surface area contributed by atoms with E-state index in [1.54, 1.807) is 0 Å². The normalized spacial score (nSPS) is 26.4. The number of hydrogen-bond donors (Lipinski definition) is 2. The summed E-state index contributed by atoms with van der Waals surface area (Å²) in [6, 6.07) is -0.568. The summed E-state index contributed by atoms with van der Waals surface area (Å²) in [7, 11) is 0. The first kappa shape index (κ1) is 18.2. The smallest absolute Gasteiger partial charge is 0.326 e. The van der Waals surface area contributed by atoms with E-state index < -0.39 is 36.6 Å². The zero-order valence-electron chi connectivity index (χ0n) is 14.2. The fourth-order valence-electron chi connectivity index (χ4n) is 3.28. The van der Waals surface area contributed by atoms with Crippen molar-refractivity contribution in [3.8, 4) is 0 Å². The van der Waals surface area contributed by atoms with E-state index >= 15 is 0 Å². The molecule has 2 N–H and O–H groups in total. The summed E-state index contributed by atoms with van der Waals surface area (Å²) < 4.78 is 4.84. The Morgan fingerprint density at radius 1 is 1.38 bits per heavy atom. The van der Waals surface area contributed by atoms with E-state index in [1.807, 2.05) is 13.8 Å². The predicted molar refractivity (Wildman–Crippen MR) is 84.9 cm³/mol. The number of carbonyl (C=O) groups is 4. The number of imide groups is 1.